The number of carbonyl (C=O) groups is 2. The van der Waals surface area contributed by atoms with Gasteiger partial charge in [-0.15, -0.1) is 0 Å². The van der Waals surface area contributed by atoms with E-state index in [1.807, 2.05) is 24.3 Å². The van der Waals surface area contributed by atoms with E-state index in [-0.39, 0.29) is 17.2 Å². The van der Waals surface area contributed by atoms with E-state index in [4.69, 9.17) is 27.6 Å². The molecule has 0 fully saturated rings. The van der Waals surface area contributed by atoms with Gasteiger partial charge in [-0.25, -0.2) is 0 Å². The second-order valence-electron chi connectivity index (χ2n) is 9.51. The molecular weight excluding hydrogens is 507 g/mol. The first kappa shape index (κ1) is 26.3. The van der Waals surface area contributed by atoms with E-state index in [0.717, 1.165) is 5.56 Å². The minimum absolute atomic E-state index is 0.0135. The molecule has 1 aromatic heterocycles. The highest BCUT2D eigenvalue weighted by Gasteiger charge is 2.14. The molecule has 4 aromatic rings. The molecule has 0 bridgehead atoms. The lowest BCUT2D eigenvalue weighted by molar-refractivity contribution is -0.111. The van der Waals surface area contributed by atoms with Crippen molar-refractivity contribution in [3.8, 4) is 11.3 Å². The van der Waals surface area contributed by atoms with E-state index in [9.17, 15) is 9.59 Å². The van der Waals surface area contributed by atoms with Gasteiger partial charge in [-0.3, -0.25) is 9.59 Å². The summed E-state index contributed by atoms with van der Waals surface area (Å²) in [7, 11) is 0. The highest BCUT2D eigenvalue weighted by molar-refractivity contribution is 6.36. The Morgan fingerprint density at radius 1 is 0.838 bits per heavy atom. The van der Waals surface area contributed by atoms with Gasteiger partial charge in [0, 0.05) is 33.6 Å². The molecule has 2 N–H and O–H groups in total. The largest absolute Gasteiger partial charge is 0.457 e. The van der Waals surface area contributed by atoms with Gasteiger partial charge in [-0.2, -0.15) is 0 Å². The fourth-order valence-corrected chi connectivity index (χ4v) is 4.12. The lowest BCUT2D eigenvalue weighted by Crippen LogP contribution is -2.14. The van der Waals surface area contributed by atoms with Gasteiger partial charge in [0.1, 0.15) is 11.5 Å². The number of amides is 2. The van der Waals surface area contributed by atoms with Crippen molar-refractivity contribution in [2.45, 2.75) is 26.2 Å². The number of nitrogens with one attached hydrogen (secondary N) is 2. The Morgan fingerprint density at radius 3 is 2.22 bits per heavy atom. The van der Waals surface area contributed by atoms with E-state index in [1.165, 1.54) is 6.08 Å². The Morgan fingerprint density at radius 2 is 1.54 bits per heavy atom. The Bertz CT molecular complexity index is 1460. The van der Waals surface area contributed by atoms with Crippen molar-refractivity contribution in [1.29, 1.82) is 0 Å². The summed E-state index contributed by atoms with van der Waals surface area (Å²) < 4.78 is 5.78. The van der Waals surface area contributed by atoms with Crippen LogP contribution in [0.1, 0.15) is 42.5 Å². The minimum Gasteiger partial charge on any atom is -0.457 e. The standard InChI is InChI=1S/C30H26Cl2N2O3/c1-30(2,3)20-9-7-19(8-10-20)29(36)34-23-6-4-5-22(18-23)33-28(35)16-13-24-12-15-27(37-24)25-14-11-21(31)17-26(25)32/h4-18H,1-3H3,(H,33,35)(H,34,36)/b16-13+. The Kier molecular flexibility index (Phi) is 7.86. The van der Waals surface area contributed by atoms with Crippen LogP contribution in [0, 0.1) is 0 Å². The van der Waals surface area contributed by atoms with E-state index in [1.54, 1.807) is 60.7 Å². The molecule has 0 spiro atoms. The van der Waals surface area contributed by atoms with Gasteiger partial charge in [0.25, 0.3) is 5.91 Å². The predicted molar refractivity (Wildman–Crippen MR) is 151 cm³/mol. The molecule has 0 unspecified atom stereocenters. The van der Waals surface area contributed by atoms with Crippen molar-refractivity contribution in [3.63, 3.8) is 0 Å². The molecule has 37 heavy (non-hydrogen) atoms. The third-order valence-electron chi connectivity index (χ3n) is 5.62. The summed E-state index contributed by atoms with van der Waals surface area (Å²) in [4.78, 5) is 25.1. The van der Waals surface area contributed by atoms with Crippen molar-refractivity contribution < 1.29 is 14.0 Å². The number of halogens is 2. The topological polar surface area (TPSA) is 71.3 Å². The first-order chi connectivity index (χ1) is 17.6. The van der Waals surface area contributed by atoms with Crippen LogP contribution in [0.3, 0.4) is 0 Å². The van der Waals surface area contributed by atoms with Crippen LogP contribution in [-0.2, 0) is 10.2 Å². The zero-order valence-corrected chi connectivity index (χ0v) is 22.2. The maximum atomic E-state index is 12.7. The molecule has 1 heterocycles. The van der Waals surface area contributed by atoms with Crippen LogP contribution in [-0.4, -0.2) is 11.8 Å². The molecular formula is C30H26Cl2N2O3. The van der Waals surface area contributed by atoms with Crippen LogP contribution in [0.2, 0.25) is 10.0 Å². The van der Waals surface area contributed by atoms with Crippen LogP contribution in [0.15, 0.2) is 89.4 Å². The summed E-state index contributed by atoms with van der Waals surface area (Å²) in [6.07, 6.45) is 2.93. The van der Waals surface area contributed by atoms with Gasteiger partial charge < -0.3 is 15.1 Å². The van der Waals surface area contributed by atoms with Crippen LogP contribution >= 0.6 is 23.2 Å². The normalized spacial score (nSPS) is 11.5. The maximum absolute atomic E-state index is 12.7. The Labute approximate surface area is 226 Å². The van der Waals surface area contributed by atoms with Crippen LogP contribution in [0.4, 0.5) is 11.4 Å². The second kappa shape index (κ2) is 11.1. The number of benzene rings is 3. The lowest BCUT2D eigenvalue weighted by Gasteiger charge is -2.19. The average Bonchev–Trinajstić information content (AvgIpc) is 3.31. The fraction of sp³-hybridized carbons (Fsp3) is 0.133. The highest BCUT2D eigenvalue weighted by atomic mass is 35.5. The van der Waals surface area contributed by atoms with Gasteiger partial charge >= 0.3 is 0 Å². The first-order valence-electron chi connectivity index (χ1n) is 11.6. The Balaban J connectivity index is 1.37. The maximum Gasteiger partial charge on any atom is 0.255 e. The minimum atomic E-state index is -0.344. The molecule has 5 nitrogen and oxygen atoms in total. The van der Waals surface area contributed by atoms with Crippen LogP contribution in [0.25, 0.3) is 17.4 Å². The molecule has 0 atom stereocenters. The molecule has 188 valence electrons. The number of rotatable bonds is 6. The number of carbonyl (C=O) groups excluding carboxylic acids is 2. The van der Waals surface area contributed by atoms with Crippen molar-refractivity contribution >= 4 is 52.5 Å². The summed E-state index contributed by atoms with van der Waals surface area (Å²) in [5.74, 6) is 0.495. The smallest absolute Gasteiger partial charge is 0.255 e. The van der Waals surface area contributed by atoms with Crippen molar-refractivity contribution in [1.82, 2.24) is 0 Å². The summed E-state index contributed by atoms with van der Waals surface area (Å²) in [6.45, 7) is 6.38. The third-order valence-corrected chi connectivity index (χ3v) is 6.17. The number of hydrogen-bond donors (Lipinski definition) is 2. The average molecular weight is 533 g/mol. The number of furan rings is 1. The summed E-state index contributed by atoms with van der Waals surface area (Å²) in [5, 5.41) is 6.67. The van der Waals surface area contributed by atoms with Crippen molar-refractivity contribution in [3.05, 3.63) is 112 Å². The summed E-state index contributed by atoms with van der Waals surface area (Å²) in [6, 6.07) is 23.2. The third kappa shape index (κ3) is 6.91. The molecule has 0 aliphatic heterocycles. The van der Waals surface area contributed by atoms with Gasteiger partial charge in [-0.05, 0) is 77.7 Å². The van der Waals surface area contributed by atoms with Gasteiger partial charge in [0.2, 0.25) is 5.91 Å². The molecule has 0 radical (unpaired) electrons. The number of anilines is 2. The molecule has 7 heteroatoms. The summed E-state index contributed by atoms with van der Waals surface area (Å²) >= 11 is 12.2. The van der Waals surface area contributed by atoms with Crippen molar-refractivity contribution in [2.75, 3.05) is 10.6 Å². The predicted octanol–water partition coefficient (Wildman–Crippen LogP) is 8.46. The van der Waals surface area contributed by atoms with Gasteiger partial charge in [-0.1, -0.05) is 62.2 Å². The molecule has 0 saturated carbocycles. The van der Waals surface area contributed by atoms with Crippen molar-refractivity contribution in [2.24, 2.45) is 0 Å². The molecule has 0 saturated heterocycles. The number of hydrogen-bond acceptors (Lipinski definition) is 3. The molecule has 3 aromatic carbocycles. The quantitative estimate of drug-likeness (QED) is 0.244. The molecule has 0 aliphatic carbocycles. The van der Waals surface area contributed by atoms with Crippen LogP contribution in [0.5, 0.6) is 0 Å². The molecule has 4 rings (SSSR count). The van der Waals surface area contributed by atoms with E-state index in [2.05, 4.69) is 31.4 Å². The van der Waals surface area contributed by atoms with Gasteiger partial charge in [0.15, 0.2) is 0 Å². The lowest BCUT2D eigenvalue weighted by atomic mass is 9.87. The van der Waals surface area contributed by atoms with E-state index in [0.29, 0.717) is 44.1 Å². The fourth-order valence-electron chi connectivity index (χ4n) is 3.62. The monoisotopic (exact) mass is 532 g/mol. The van der Waals surface area contributed by atoms with Gasteiger partial charge in [0.05, 0.1) is 5.02 Å². The molecule has 0 aliphatic rings. The zero-order valence-electron chi connectivity index (χ0n) is 20.6. The second-order valence-corrected chi connectivity index (χ2v) is 10.4. The summed E-state index contributed by atoms with van der Waals surface area (Å²) in [5.41, 5.74) is 3.55. The SMILES string of the molecule is CC(C)(C)c1ccc(C(=O)Nc2cccc(NC(=O)/C=C/c3ccc(-c4ccc(Cl)cc4Cl)o3)c2)cc1. The van der Waals surface area contributed by atoms with Crippen LogP contribution < -0.4 is 10.6 Å². The first-order valence-corrected chi connectivity index (χ1v) is 12.4. The zero-order chi connectivity index (χ0) is 26.6. The Hall–Kier alpha value is -3.80. The molecule has 2 amide bonds. The highest BCUT2D eigenvalue weighted by Crippen LogP contribution is 2.31. The van der Waals surface area contributed by atoms with E-state index >= 15 is 0 Å². The van der Waals surface area contributed by atoms with E-state index < -0.39 is 0 Å².